The van der Waals surface area contributed by atoms with Crippen LogP contribution in [0.1, 0.15) is 61.7 Å². The number of rotatable bonds is 19. The second-order valence-corrected chi connectivity index (χ2v) is 10.5. The molecule has 0 aliphatic heterocycles. The molecule has 2 aromatic carbocycles. The van der Waals surface area contributed by atoms with Gasteiger partial charge in [-0.25, -0.2) is 14.4 Å². The summed E-state index contributed by atoms with van der Waals surface area (Å²) in [6.45, 7) is 8.55. The molecule has 0 saturated heterocycles. The average molecular weight is 579 g/mol. The highest BCUT2D eigenvalue weighted by atomic mass is 32.1. The largest absolute Gasteiger partial charge is 0.494 e. The Morgan fingerprint density at radius 1 is 0.659 bits per heavy atom. The van der Waals surface area contributed by atoms with Crippen LogP contribution in [0.2, 0.25) is 0 Å². The van der Waals surface area contributed by atoms with E-state index < -0.39 is 5.97 Å². The number of carbonyl (C=O) groups excluding carboxylic acids is 3. The standard InChI is InChI=1S/C33H38O7S/c1-3-31(34)38-20-10-6-5-9-19-37-28-18-17-27-23-29(41-30(27)24-28)25-13-15-26(16-14-25)33(36)40-22-12-8-7-11-21-39-32(35)4-2/h3-4,13-18,23-24H,1-2,5-12,19-22H2. The van der Waals surface area contributed by atoms with Crippen molar-refractivity contribution in [3.8, 4) is 16.2 Å². The highest BCUT2D eigenvalue weighted by molar-refractivity contribution is 7.22. The highest BCUT2D eigenvalue weighted by Gasteiger charge is 2.10. The smallest absolute Gasteiger partial charge is 0.338 e. The maximum absolute atomic E-state index is 12.4. The maximum atomic E-state index is 12.4. The Balaban J connectivity index is 1.37. The zero-order valence-electron chi connectivity index (χ0n) is 23.4. The van der Waals surface area contributed by atoms with E-state index in [1.807, 2.05) is 18.2 Å². The molecule has 0 spiro atoms. The van der Waals surface area contributed by atoms with Crippen LogP contribution in [0.5, 0.6) is 5.75 Å². The number of hydrogen-bond acceptors (Lipinski definition) is 8. The molecule has 0 N–H and O–H groups in total. The second-order valence-electron chi connectivity index (χ2n) is 9.44. The topological polar surface area (TPSA) is 88.1 Å². The van der Waals surface area contributed by atoms with Gasteiger partial charge in [-0.3, -0.25) is 0 Å². The van der Waals surface area contributed by atoms with Crippen LogP contribution in [-0.2, 0) is 23.8 Å². The third-order valence-electron chi connectivity index (χ3n) is 6.30. The predicted molar refractivity (Wildman–Crippen MR) is 162 cm³/mol. The fourth-order valence-electron chi connectivity index (χ4n) is 4.03. The number of hydrogen-bond donors (Lipinski definition) is 0. The van der Waals surface area contributed by atoms with Crippen LogP contribution in [0.4, 0.5) is 0 Å². The van der Waals surface area contributed by atoms with Gasteiger partial charge in [0.25, 0.3) is 0 Å². The Bertz CT molecular complexity index is 1290. The lowest BCUT2D eigenvalue weighted by atomic mass is 10.1. The van der Waals surface area contributed by atoms with Crippen molar-refractivity contribution in [2.45, 2.75) is 51.4 Å². The minimum Gasteiger partial charge on any atom is -0.494 e. The third-order valence-corrected chi connectivity index (χ3v) is 7.44. The van der Waals surface area contributed by atoms with Gasteiger partial charge in [0.1, 0.15) is 5.75 Å². The van der Waals surface area contributed by atoms with E-state index in [1.54, 1.807) is 23.5 Å². The predicted octanol–water partition coefficient (Wildman–Crippen LogP) is 7.68. The van der Waals surface area contributed by atoms with E-state index in [-0.39, 0.29) is 11.9 Å². The van der Waals surface area contributed by atoms with E-state index in [2.05, 4.69) is 31.4 Å². The molecule has 0 bridgehead atoms. The highest BCUT2D eigenvalue weighted by Crippen LogP contribution is 2.35. The summed E-state index contributed by atoms with van der Waals surface area (Å²) in [5.41, 5.74) is 1.57. The number of benzene rings is 2. The van der Waals surface area contributed by atoms with Crippen LogP contribution in [0.25, 0.3) is 20.5 Å². The van der Waals surface area contributed by atoms with Crippen LogP contribution in [0, 0.1) is 0 Å². The zero-order valence-corrected chi connectivity index (χ0v) is 24.3. The number of thiophene rings is 1. The number of unbranched alkanes of at least 4 members (excludes halogenated alkanes) is 6. The molecule has 0 saturated carbocycles. The summed E-state index contributed by atoms with van der Waals surface area (Å²) < 4.78 is 22.4. The van der Waals surface area contributed by atoms with Gasteiger partial charge in [0.2, 0.25) is 0 Å². The molecule has 1 heterocycles. The van der Waals surface area contributed by atoms with Crippen molar-refractivity contribution in [1.82, 2.24) is 0 Å². The number of carbonyl (C=O) groups is 3. The van der Waals surface area contributed by atoms with Crippen molar-refractivity contribution in [1.29, 1.82) is 0 Å². The lowest BCUT2D eigenvalue weighted by Gasteiger charge is -2.06. The molecular formula is C33H38O7S. The second kappa shape index (κ2) is 17.7. The minimum absolute atomic E-state index is 0.328. The molecule has 0 aliphatic rings. The first-order chi connectivity index (χ1) is 20.0. The van der Waals surface area contributed by atoms with Crippen LogP contribution in [0.15, 0.2) is 73.8 Å². The molecule has 0 fully saturated rings. The summed E-state index contributed by atoms with van der Waals surface area (Å²) in [7, 11) is 0. The van der Waals surface area contributed by atoms with Gasteiger partial charge in [-0.15, -0.1) is 11.3 Å². The van der Waals surface area contributed by atoms with Crippen LogP contribution in [0.3, 0.4) is 0 Å². The maximum Gasteiger partial charge on any atom is 0.338 e. The molecule has 41 heavy (non-hydrogen) atoms. The molecule has 7 nitrogen and oxygen atoms in total. The summed E-state index contributed by atoms with van der Waals surface area (Å²) >= 11 is 1.69. The van der Waals surface area contributed by atoms with E-state index in [0.29, 0.717) is 32.0 Å². The monoisotopic (exact) mass is 578 g/mol. The summed E-state index contributed by atoms with van der Waals surface area (Å²) in [6, 6.07) is 15.8. The zero-order chi connectivity index (χ0) is 29.3. The Labute approximate surface area is 245 Å². The van der Waals surface area contributed by atoms with Gasteiger partial charge in [0.15, 0.2) is 0 Å². The van der Waals surface area contributed by atoms with Gasteiger partial charge in [0.05, 0.1) is 32.0 Å². The summed E-state index contributed by atoms with van der Waals surface area (Å²) in [5, 5.41) is 1.15. The van der Waals surface area contributed by atoms with Crippen LogP contribution in [-0.4, -0.2) is 44.3 Å². The first kappa shape index (κ1) is 31.6. The van der Waals surface area contributed by atoms with Gasteiger partial charge in [-0.2, -0.15) is 0 Å². The molecule has 0 unspecified atom stereocenters. The van der Waals surface area contributed by atoms with E-state index in [1.165, 1.54) is 6.08 Å². The molecule has 0 radical (unpaired) electrons. The Morgan fingerprint density at radius 2 is 1.22 bits per heavy atom. The van der Waals surface area contributed by atoms with Gasteiger partial charge in [-0.1, -0.05) is 25.3 Å². The summed E-state index contributed by atoms with van der Waals surface area (Å²) in [5.74, 6) is -0.260. The van der Waals surface area contributed by atoms with Crippen LogP contribution >= 0.6 is 11.3 Å². The van der Waals surface area contributed by atoms with E-state index in [4.69, 9.17) is 18.9 Å². The van der Waals surface area contributed by atoms with Crippen LogP contribution < -0.4 is 4.74 Å². The van der Waals surface area contributed by atoms with Crippen molar-refractivity contribution in [2.24, 2.45) is 0 Å². The van der Waals surface area contributed by atoms with Crippen molar-refractivity contribution in [3.63, 3.8) is 0 Å². The first-order valence-electron chi connectivity index (χ1n) is 14.0. The number of fused-ring (bicyclic) bond motifs is 1. The summed E-state index contributed by atoms with van der Waals surface area (Å²) in [6.07, 6.45) is 9.44. The van der Waals surface area contributed by atoms with Crippen molar-refractivity contribution < 1.29 is 33.3 Å². The summed E-state index contributed by atoms with van der Waals surface area (Å²) in [4.78, 5) is 35.5. The molecule has 0 aliphatic carbocycles. The normalized spacial score (nSPS) is 10.6. The molecule has 0 amide bonds. The fraction of sp³-hybridized carbons (Fsp3) is 0.364. The van der Waals surface area contributed by atoms with Gasteiger partial charge in [0, 0.05) is 21.7 Å². The van der Waals surface area contributed by atoms with E-state index >= 15 is 0 Å². The first-order valence-corrected chi connectivity index (χ1v) is 14.8. The average Bonchev–Trinajstić information content (AvgIpc) is 3.43. The van der Waals surface area contributed by atoms with Crippen molar-refractivity contribution in [3.05, 3.63) is 79.4 Å². The van der Waals surface area contributed by atoms with Crippen molar-refractivity contribution >= 4 is 39.3 Å². The Kier molecular flexibility index (Phi) is 13.7. The molecule has 0 atom stereocenters. The quantitative estimate of drug-likeness (QED) is 0.0624. The number of ether oxygens (including phenoxy) is 4. The molecule has 1 aromatic heterocycles. The molecular weight excluding hydrogens is 540 g/mol. The van der Waals surface area contributed by atoms with Gasteiger partial charge < -0.3 is 18.9 Å². The van der Waals surface area contributed by atoms with Gasteiger partial charge in [-0.05, 0) is 98.7 Å². The van der Waals surface area contributed by atoms with Crippen molar-refractivity contribution in [2.75, 3.05) is 26.4 Å². The minimum atomic E-state index is -0.404. The fourth-order valence-corrected chi connectivity index (χ4v) is 5.13. The molecule has 3 rings (SSSR count). The molecule has 8 heteroatoms. The lowest BCUT2D eigenvalue weighted by Crippen LogP contribution is -2.06. The van der Waals surface area contributed by atoms with E-state index in [0.717, 1.165) is 83.7 Å². The van der Waals surface area contributed by atoms with Gasteiger partial charge >= 0.3 is 17.9 Å². The van der Waals surface area contributed by atoms with E-state index in [9.17, 15) is 14.4 Å². The molecule has 218 valence electrons. The number of esters is 3. The Morgan fingerprint density at radius 3 is 1.80 bits per heavy atom. The lowest BCUT2D eigenvalue weighted by molar-refractivity contribution is -0.138. The SMILES string of the molecule is C=CC(=O)OCCCCCCOC(=O)c1ccc(-c2cc3ccc(OCCCCCCOC(=O)C=C)cc3s2)cc1. The Hall–Kier alpha value is -3.91. The molecule has 3 aromatic rings. The third kappa shape index (κ3) is 11.2.